The van der Waals surface area contributed by atoms with E-state index in [9.17, 15) is 10.0 Å². The fraction of sp³-hybridized carbons (Fsp3) is 0.455. The van der Waals surface area contributed by atoms with Crippen molar-refractivity contribution in [2.75, 3.05) is 27.2 Å². The molecule has 1 aromatic heterocycles. The number of rotatable bonds is 5. The number of hydrogen-bond acceptors (Lipinski definition) is 3. The average molecular weight is 403 g/mol. The van der Waals surface area contributed by atoms with Crippen LogP contribution in [0.1, 0.15) is 36.3 Å². The molecule has 5 nitrogen and oxygen atoms in total. The Bertz CT molecular complexity index is 910. The highest BCUT2D eigenvalue weighted by molar-refractivity contribution is 6.31. The lowest BCUT2D eigenvalue weighted by Crippen LogP contribution is -2.47. The van der Waals surface area contributed by atoms with Gasteiger partial charge in [0, 0.05) is 49.2 Å². The topological polar surface area (TPSA) is 54.6 Å². The fourth-order valence-corrected chi connectivity index (χ4v) is 4.46. The Morgan fingerprint density at radius 2 is 1.93 bits per heavy atom. The predicted octanol–water partition coefficient (Wildman–Crippen LogP) is 3.88. The zero-order valence-corrected chi connectivity index (χ0v) is 17.6. The van der Waals surface area contributed by atoms with Gasteiger partial charge in [0.05, 0.1) is 32.9 Å². The van der Waals surface area contributed by atoms with E-state index in [0.717, 1.165) is 46.6 Å². The third kappa shape index (κ3) is 4.65. The van der Waals surface area contributed by atoms with Gasteiger partial charge in [-0.05, 0) is 29.5 Å². The Labute approximate surface area is 171 Å². The molecule has 0 radical (unpaired) electrons. The Hall–Kier alpha value is -2.11. The van der Waals surface area contributed by atoms with E-state index in [4.69, 9.17) is 11.6 Å². The summed E-state index contributed by atoms with van der Waals surface area (Å²) in [6.07, 6.45) is 4.52. The maximum Gasteiger partial charge on any atom is 0.250 e. The van der Waals surface area contributed by atoms with Crippen LogP contribution in [0.25, 0.3) is 0 Å². The minimum Gasteiger partial charge on any atom is -0.411 e. The number of hydrogen-bond donors (Lipinski definition) is 1. The number of aromatic nitrogens is 1. The van der Waals surface area contributed by atoms with E-state index < -0.39 is 0 Å². The molecule has 1 atom stereocenters. The molecule has 0 spiro atoms. The molecule has 3 rings (SSSR count). The third-order valence-electron chi connectivity index (χ3n) is 6.04. The molecule has 2 heterocycles. The summed E-state index contributed by atoms with van der Waals surface area (Å²) in [4.78, 5) is 11.7. The van der Waals surface area contributed by atoms with Crippen molar-refractivity contribution in [3.63, 3.8) is 0 Å². The van der Waals surface area contributed by atoms with E-state index in [1.165, 1.54) is 10.6 Å². The van der Waals surface area contributed by atoms with Crippen molar-refractivity contribution in [1.82, 2.24) is 4.57 Å². The standard InChI is InChI=1S/C22H28ClN3O2/c1-25-15-17(8-9-22(25)27)21(24-28)14-19(18-6-4-5-7-20(18)23)16-10-12-26(2,3)13-11-16/h4-9,15-16,19H,10-14H2,1-3H3/p+1/b24-21+. The molecule has 0 aliphatic carbocycles. The largest absolute Gasteiger partial charge is 0.411 e. The molecule has 1 saturated heterocycles. The van der Waals surface area contributed by atoms with Crippen molar-refractivity contribution < 1.29 is 9.69 Å². The maximum absolute atomic E-state index is 11.7. The number of likely N-dealkylation sites (tertiary alicyclic amines) is 1. The van der Waals surface area contributed by atoms with Crippen LogP contribution in [-0.2, 0) is 7.05 Å². The van der Waals surface area contributed by atoms with E-state index in [0.29, 0.717) is 18.1 Å². The second-order valence-corrected chi connectivity index (χ2v) is 8.87. The van der Waals surface area contributed by atoms with Crippen molar-refractivity contribution in [1.29, 1.82) is 0 Å². The fourth-order valence-electron chi connectivity index (χ4n) is 4.18. The first-order valence-electron chi connectivity index (χ1n) is 9.75. The lowest BCUT2D eigenvalue weighted by atomic mass is 9.76. The van der Waals surface area contributed by atoms with Crippen molar-refractivity contribution in [2.45, 2.75) is 25.2 Å². The molecule has 0 amide bonds. The van der Waals surface area contributed by atoms with Crippen LogP contribution in [0, 0.1) is 5.92 Å². The van der Waals surface area contributed by atoms with Crippen LogP contribution in [0.2, 0.25) is 5.02 Å². The van der Waals surface area contributed by atoms with Crippen LogP contribution in [0.4, 0.5) is 0 Å². The SMILES string of the molecule is Cn1cc(/C(CC(c2ccccc2Cl)C2CC[N+](C)(C)CC2)=N/O)ccc1=O. The maximum atomic E-state index is 11.7. The van der Waals surface area contributed by atoms with Gasteiger partial charge in [-0.1, -0.05) is 35.0 Å². The number of nitrogens with zero attached hydrogens (tertiary/aromatic N) is 3. The summed E-state index contributed by atoms with van der Waals surface area (Å²) in [5.74, 6) is 0.632. The Morgan fingerprint density at radius 3 is 2.54 bits per heavy atom. The molecule has 1 aromatic carbocycles. The Kier molecular flexibility index (Phi) is 6.26. The quantitative estimate of drug-likeness (QED) is 0.357. The minimum atomic E-state index is -0.0871. The van der Waals surface area contributed by atoms with Crippen molar-refractivity contribution >= 4 is 17.3 Å². The summed E-state index contributed by atoms with van der Waals surface area (Å²) in [7, 11) is 6.24. The minimum absolute atomic E-state index is 0.0871. The summed E-state index contributed by atoms with van der Waals surface area (Å²) >= 11 is 6.56. The van der Waals surface area contributed by atoms with E-state index in [-0.39, 0.29) is 11.5 Å². The molecule has 1 unspecified atom stereocenters. The molecule has 1 aliphatic rings. The first kappa shape index (κ1) is 20.6. The molecule has 150 valence electrons. The van der Waals surface area contributed by atoms with E-state index in [1.807, 2.05) is 18.2 Å². The first-order valence-corrected chi connectivity index (χ1v) is 10.1. The highest BCUT2D eigenvalue weighted by Gasteiger charge is 2.34. The summed E-state index contributed by atoms with van der Waals surface area (Å²) in [6.45, 7) is 2.24. The van der Waals surface area contributed by atoms with E-state index in [1.54, 1.807) is 19.3 Å². The number of oxime groups is 1. The summed E-state index contributed by atoms with van der Waals surface area (Å²) in [5, 5.41) is 14.1. The normalized spacial score (nSPS) is 18.8. The van der Waals surface area contributed by atoms with Gasteiger partial charge in [-0.15, -0.1) is 0 Å². The molecule has 6 heteroatoms. The zero-order valence-electron chi connectivity index (χ0n) is 16.8. The van der Waals surface area contributed by atoms with Gasteiger partial charge in [0.2, 0.25) is 5.56 Å². The molecular formula is C22H29ClN3O2+. The van der Waals surface area contributed by atoms with Gasteiger partial charge in [-0.3, -0.25) is 4.79 Å². The number of halogens is 1. The van der Waals surface area contributed by atoms with Crippen LogP contribution in [0.3, 0.4) is 0 Å². The number of pyridine rings is 1. The Balaban J connectivity index is 1.93. The highest BCUT2D eigenvalue weighted by Crippen LogP contribution is 2.39. The van der Waals surface area contributed by atoms with Gasteiger partial charge in [0.15, 0.2) is 0 Å². The molecule has 28 heavy (non-hydrogen) atoms. The van der Waals surface area contributed by atoms with Crippen molar-refractivity contribution in [3.05, 3.63) is 69.1 Å². The van der Waals surface area contributed by atoms with Crippen LogP contribution >= 0.6 is 11.6 Å². The first-order chi connectivity index (χ1) is 13.3. The molecule has 2 aromatic rings. The van der Waals surface area contributed by atoms with Crippen LogP contribution in [0.15, 0.2) is 52.5 Å². The average Bonchev–Trinajstić information content (AvgIpc) is 2.66. The monoisotopic (exact) mass is 402 g/mol. The molecular weight excluding hydrogens is 374 g/mol. The number of piperidine rings is 1. The molecule has 0 saturated carbocycles. The number of benzene rings is 1. The predicted molar refractivity (Wildman–Crippen MR) is 113 cm³/mol. The molecule has 0 bridgehead atoms. The van der Waals surface area contributed by atoms with Crippen molar-refractivity contribution in [2.24, 2.45) is 18.1 Å². The lowest BCUT2D eigenvalue weighted by molar-refractivity contribution is -0.896. The smallest absolute Gasteiger partial charge is 0.250 e. The van der Waals surface area contributed by atoms with Gasteiger partial charge in [-0.25, -0.2) is 0 Å². The van der Waals surface area contributed by atoms with Gasteiger partial charge in [-0.2, -0.15) is 0 Å². The van der Waals surface area contributed by atoms with E-state index in [2.05, 4.69) is 25.3 Å². The third-order valence-corrected chi connectivity index (χ3v) is 6.38. The highest BCUT2D eigenvalue weighted by atomic mass is 35.5. The summed E-state index contributed by atoms with van der Waals surface area (Å²) in [6, 6.07) is 11.2. The van der Waals surface area contributed by atoms with Gasteiger partial charge in [0.25, 0.3) is 0 Å². The van der Waals surface area contributed by atoms with Crippen LogP contribution in [-0.4, -0.2) is 47.2 Å². The summed E-state index contributed by atoms with van der Waals surface area (Å²) < 4.78 is 2.54. The van der Waals surface area contributed by atoms with Crippen LogP contribution in [0.5, 0.6) is 0 Å². The number of aryl methyl sites for hydroxylation is 1. The molecule has 1 aliphatic heterocycles. The van der Waals surface area contributed by atoms with Crippen LogP contribution < -0.4 is 5.56 Å². The van der Waals surface area contributed by atoms with E-state index >= 15 is 0 Å². The van der Waals surface area contributed by atoms with Gasteiger partial charge >= 0.3 is 0 Å². The van der Waals surface area contributed by atoms with Gasteiger partial charge in [0.1, 0.15) is 0 Å². The zero-order chi connectivity index (χ0) is 20.3. The second-order valence-electron chi connectivity index (χ2n) is 8.47. The summed E-state index contributed by atoms with van der Waals surface area (Å²) in [5.41, 5.74) is 2.36. The lowest BCUT2D eigenvalue weighted by Gasteiger charge is -2.40. The number of quaternary nitrogens is 1. The van der Waals surface area contributed by atoms with Crippen molar-refractivity contribution in [3.8, 4) is 0 Å². The van der Waals surface area contributed by atoms with Gasteiger partial charge < -0.3 is 14.3 Å². The second kappa shape index (κ2) is 8.50. The molecule has 1 N–H and O–H groups in total. The molecule has 1 fully saturated rings. The Morgan fingerprint density at radius 1 is 1.25 bits per heavy atom.